The van der Waals surface area contributed by atoms with Crippen LogP contribution in [0, 0.1) is 5.41 Å². The van der Waals surface area contributed by atoms with E-state index in [0.717, 1.165) is 6.08 Å². The van der Waals surface area contributed by atoms with Gasteiger partial charge in [-0.3, -0.25) is 4.79 Å². The monoisotopic (exact) mass is 250 g/mol. The van der Waals surface area contributed by atoms with Gasteiger partial charge in [-0.25, -0.2) is 0 Å². The van der Waals surface area contributed by atoms with Crippen LogP contribution in [0.3, 0.4) is 0 Å². The van der Waals surface area contributed by atoms with Crippen LogP contribution in [-0.2, 0) is 20.7 Å². The number of hydrogen-bond acceptors (Lipinski definition) is 3. The maximum atomic E-state index is 13.2. The lowest BCUT2D eigenvalue weighted by molar-refractivity contribution is -0.139. The van der Waals surface area contributed by atoms with Crippen LogP contribution >= 0.6 is 0 Å². The van der Waals surface area contributed by atoms with Crippen molar-refractivity contribution in [2.45, 2.75) is 34.1 Å². The Hall–Kier alpha value is -0.550. The van der Waals surface area contributed by atoms with E-state index in [1.54, 1.807) is 0 Å². The first-order chi connectivity index (χ1) is 7.22. The standard InChI is InChI=1S/C11H19FO3S/c1-9(13)15-7-5-10(12)16(14)8-6-11(2,3)4/h5H,6-8H2,1-4H3/b10-5+. The topological polar surface area (TPSA) is 49.4 Å². The molecule has 5 heteroatoms. The molecule has 16 heavy (non-hydrogen) atoms. The molecule has 0 aromatic heterocycles. The summed E-state index contributed by atoms with van der Waals surface area (Å²) in [5, 5.41) is -0.717. The van der Waals surface area contributed by atoms with Gasteiger partial charge in [-0.2, -0.15) is 4.39 Å². The first-order valence-electron chi connectivity index (χ1n) is 5.10. The molecule has 0 aliphatic carbocycles. The van der Waals surface area contributed by atoms with E-state index >= 15 is 0 Å². The fourth-order valence-corrected chi connectivity index (χ4v) is 2.06. The highest BCUT2D eigenvalue weighted by Gasteiger charge is 2.19. The summed E-state index contributed by atoms with van der Waals surface area (Å²) in [7, 11) is 0. The number of carbonyl (C=O) groups excluding carboxylic acids is 1. The summed E-state index contributed by atoms with van der Waals surface area (Å²) < 4.78 is 29.1. The quantitative estimate of drug-likeness (QED) is 0.556. The predicted octanol–water partition coefficient (Wildman–Crippen LogP) is 2.55. The predicted molar refractivity (Wildman–Crippen MR) is 62.9 cm³/mol. The summed E-state index contributed by atoms with van der Waals surface area (Å²) in [6.07, 6.45) is 1.72. The van der Waals surface area contributed by atoms with E-state index in [1.165, 1.54) is 6.92 Å². The average molecular weight is 250 g/mol. The summed E-state index contributed by atoms with van der Waals surface area (Å²) in [5.41, 5.74) is 0.0336. The van der Waals surface area contributed by atoms with Gasteiger partial charge in [-0.15, -0.1) is 0 Å². The highest BCUT2D eigenvalue weighted by atomic mass is 32.2. The molecule has 0 radical (unpaired) electrons. The second-order valence-electron chi connectivity index (χ2n) is 4.67. The maximum Gasteiger partial charge on any atom is 0.302 e. The Morgan fingerprint density at radius 2 is 2.06 bits per heavy atom. The number of halogens is 1. The van der Waals surface area contributed by atoms with Crippen molar-refractivity contribution in [3.63, 3.8) is 0 Å². The van der Waals surface area contributed by atoms with Gasteiger partial charge < -0.3 is 9.29 Å². The average Bonchev–Trinajstić information content (AvgIpc) is 2.12. The minimum Gasteiger partial charge on any atom is -0.610 e. The third-order valence-corrected chi connectivity index (χ3v) is 2.96. The first-order valence-corrected chi connectivity index (χ1v) is 6.41. The fourth-order valence-electron chi connectivity index (χ4n) is 0.814. The summed E-state index contributed by atoms with van der Waals surface area (Å²) in [6, 6.07) is 0. The third-order valence-electron chi connectivity index (χ3n) is 1.79. The van der Waals surface area contributed by atoms with E-state index < -0.39 is 22.3 Å². The minimum absolute atomic E-state index is 0.0336. The molecule has 94 valence electrons. The molecular weight excluding hydrogens is 231 g/mol. The normalized spacial score (nSPS) is 14.8. The van der Waals surface area contributed by atoms with Gasteiger partial charge in [0.1, 0.15) is 12.4 Å². The van der Waals surface area contributed by atoms with Crippen LogP contribution in [0.4, 0.5) is 4.39 Å². The Morgan fingerprint density at radius 3 is 2.50 bits per heavy atom. The van der Waals surface area contributed by atoms with Crippen molar-refractivity contribution in [3.05, 3.63) is 11.2 Å². The third kappa shape index (κ3) is 8.73. The van der Waals surface area contributed by atoms with Gasteiger partial charge in [-0.05, 0) is 11.8 Å². The molecule has 0 amide bonds. The van der Waals surface area contributed by atoms with E-state index in [4.69, 9.17) is 0 Å². The van der Waals surface area contributed by atoms with Crippen LogP contribution in [0.5, 0.6) is 0 Å². The maximum absolute atomic E-state index is 13.2. The van der Waals surface area contributed by atoms with Crippen molar-refractivity contribution < 1.29 is 18.5 Å². The molecule has 0 fully saturated rings. The number of esters is 1. The molecule has 0 aromatic carbocycles. The van der Waals surface area contributed by atoms with Crippen molar-refractivity contribution in [1.82, 2.24) is 0 Å². The SMILES string of the molecule is CC(=O)OC/C=C(\F)[S+]([O-])CCC(C)(C)C. The van der Waals surface area contributed by atoms with Crippen molar-refractivity contribution in [1.29, 1.82) is 0 Å². The van der Waals surface area contributed by atoms with Crippen molar-refractivity contribution in [2.24, 2.45) is 5.41 Å². The molecule has 0 aliphatic heterocycles. The molecule has 0 saturated carbocycles. The summed E-state index contributed by atoms with van der Waals surface area (Å²) in [6.45, 7) is 7.09. The molecule has 0 bridgehead atoms. The molecule has 0 spiro atoms. The molecule has 0 rings (SSSR count). The zero-order chi connectivity index (χ0) is 12.8. The fraction of sp³-hybridized carbons (Fsp3) is 0.727. The van der Waals surface area contributed by atoms with Gasteiger partial charge in [0, 0.05) is 24.2 Å². The Labute approximate surface area is 99.2 Å². The van der Waals surface area contributed by atoms with E-state index in [9.17, 15) is 13.7 Å². The summed E-state index contributed by atoms with van der Waals surface area (Å²) >= 11 is -1.62. The van der Waals surface area contributed by atoms with Gasteiger partial charge in [0.2, 0.25) is 0 Å². The van der Waals surface area contributed by atoms with Gasteiger partial charge >= 0.3 is 5.97 Å². The van der Waals surface area contributed by atoms with Crippen molar-refractivity contribution in [3.8, 4) is 0 Å². The molecule has 0 aliphatic rings. The second-order valence-corrected chi connectivity index (χ2v) is 6.16. The Balaban J connectivity index is 3.97. The smallest absolute Gasteiger partial charge is 0.302 e. The summed E-state index contributed by atoms with van der Waals surface area (Å²) in [4.78, 5) is 10.4. The molecule has 3 nitrogen and oxygen atoms in total. The molecule has 0 heterocycles. The highest BCUT2D eigenvalue weighted by molar-refractivity contribution is 7.95. The van der Waals surface area contributed by atoms with Gasteiger partial charge in [0.05, 0.1) is 0 Å². The highest BCUT2D eigenvalue weighted by Crippen LogP contribution is 2.21. The number of carbonyl (C=O) groups is 1. The summed E-state index contributed by atoms with van der Waals surface area (Å²) in [5.74, 6) is -0.198. The van der Waals surface area contributed by atoms with Crippen LogP contribution in [-0.4, -0.2) is 22.9 Å². The van der Waals surface area contributed by atoms with E-state index in [0.29, 0.717) is 6.42 Å². The second kappa shape index (κ2) is 6.91. The van der Waals surface area contributed by atoms with Crippen molar-refractivity contribution in [2.75, 3.05) is 12.4 Å². The van der Waals surface area contributed by atoms with Crippen LogP contribution in [0.25, 0.3) is 0 Å². The van der Waals surface area contributed by atoms with Crippen LogP contribution in [0.2, 0.25) is 0 Å². The minimum atomic E-state index is -1.62. The molecule has 1 unspecified atom stereocenters. The Bertz CT molecular complexity index is 258. The molecular formula is C11H19FO3S. The van der Waals surface area contributed by atoms with E-state index in [1.807, 2.05) is 20.8 Å². The Morgan fingerprint density at radius 1 is 1.50 bits per heavy atom. The van der Waals surface area contributed by atoms with E-state index in [-0.39, 0.29) is 17.8 Å². The van der Waals surface area contributed by atoms with Crippen molar-refractivity contribution >= 4 is 17.1 Å². The Kier molecular flexibility index (Phi) is 6.67. The lowest BCUT2D eigenvalue weighted by atomic mass is 9.94. The molecule has 0 saturated heterocycles. The van der Waals surface area contributed by atoms with Gasteiger partial charge in [0.15, 0.2) is 0 Å². The van der Waals surface area contributed by atoms with Crippen LogP contribution < -0.4 is 0 Å². The zero-order valence-electron chi connectivity index (χ0n) is 10.2. The zero-order valence-corrected chi connectivity index (χ0v) is 11.0. The molecule has 1 atom stereocenters. The van der Waals surface area contributed by atoms with Gasteiger partial charge in [0.25, 0.3) is 5.16 Å². The molecule has 0 N–H and O–H groups in total. The number of rotatable bonds is 5. The van der Waals surface area contributed by atoms with Crippen LogP contribution in [0.1, 0.15) is 34.1 Å². The van der Waals surface area contributed by atoms with E-state index in [2.05, 4.69) is 4.74 Å². The van der Waals surface area contributed by atoms with Gasteiger partial charge in [-0.1, -0.05) is 20.8 Å². The lowest BCUT2D eigenvalue weighted by Crippen LogP contribution is -2.15. The first kappa shape index (κ1) is 15.4. The lowest BCUT2D eigenvalue weighted by Gasteiger charge is -2.18. The van der Waals surface area contributed by atoms with Crippen LogP contribution in [0.15, 0.2) is 11.2 Å². The molecule has 0 aromatic rings. The number of hydrogen-bond donors (Lipinski definition) is 0. The largest absolute Gasteiger partial charge is 0.610 e. The number of ether oxygens (including phenoxy) is 1.